The number of hydrogen-bond donors (Lipinski definition) is 1. The van der Waals surface area contributed by atoms with Gasteiger partial charge in [-0.05, 0) is 25.2 Å². The molecule has 2 heteroatoms. The minimum atomic E-state index is 0.769. The molecule has 0 bridgehead atoms. The summed E-state index contributed by atoms with van der Waals surface area (Å²) in [4.78, 5) is 2.70. The van der Waals surface area contributed by atoms with Crippen LogP contribution in [0.1, 0.15) is 45.4 Å². The molecule has 2 aliphatic rings. The SMILES string of the molecule is CCCC1CN(CC2CCCC2)CCN1. The molecule has 1 N–H and O–H groups in total. The van der Waals surface area contributed by atoms with E-state index in [1.54, 1.807) is 0 Å². The molecular weight excluding hydrogens is 184 g/mol. The third-order valence-electron chi connectivity index (χ3n) is 3.97. The maximum absolute atomic E-state index is 3.63. The molecule has 1 saturated carbocycles. The summed E-state index contributed by atoms with van der Waals surface area (Å²) in [6, 6.07) is 0.769. The van der Waals surface area contributed by atoms with Gasteiger partial charge >= 0.3 is 0 Å². The first kappa shape index (κ1) is 11.4. The van der Waals surface area contributed by atoms with Crippen molar-refractivity contribution < 1.29 is 0 Å². The highest BCUT2D eigenvalue weighted by molar-refractivity contribution is 4.80. The van der Waals surface area contributed by atoms with Crippen molar-refractivity contribution in [1.29, 1.82) is 0 Å². The highest BCUT2D eigenvalue weighted by atomic mass is 15.2. The molecule has 1 atom stereocenters. The molecule has 0 radical (unpaired) electrons. The molecule has 2 nitrogen and oxygen atoms in total. The monoisotopic (exact) mass is 210 g/mol. The Labute approximate surface area is 94.4 Å². The number of hydrogen-bond acceptors (Lipinski definition) is 2. The van der Waals surface area contributed by atoms with Crippen LogP contribution in [-0.4, -0.2) is 37.1 Å². The van der Waals surface area contributed by atoms with E-state index in [1.165, 1.54) is 64.7 Å². The van der Waals surface area contributed by atoms with Crippen molar-refractivity contribution in [3.63, 3.8) is 0 Å². The van der Waals surface area contributed by atoms with Crippen LogP contribution in [0, 0.1) is 5.92 Å². The van der Waals surface area contributed by atoms with Gasteiger partial charge in [-0.2, -0.15) is 0 Å². The van der Waals surface area contributed by atoms with Crippen LogP contribution in [-0.2, 0) is 0 Å². The van der Waals surface area contributed by atoms with Gasteiger partial charge in [0.2, 0.25) is 0 Å². The van der Waals surface area contributed by atoms with Gasteiger partial charge in [0, 0.05) is 32.2 Å². The van der Waals surface area contributed by atoms with Crippen LogP contribution in [0.15, 0.2) is 0 Å². The van der Waals surface area contributed by atoms with Crippen molar-refractivity contribution in [2.24, 2.45) is 5.92 Å². The molecule has 2 rings (SSSR count). The maximum Gasteiger partial charge on any atom is 0.0195 e. The molecule has 1 aliphatic carbocycles. The van der Waals surface area contributed by atoms with E-state index in [0.29, 0.717) is 0 Å². The molecule has 0 spiro atoms. The van der Waals surface area contributed by atoms with E-state index in [2.05, 4.69) is 17.1 Å². The summed E-state index contributed by atoms with van der Waals surface area (Å²) in [5.41, 5.74) is 0. The second kappa shape index (κ2) is 5.86. The summed E-state index contributed by atoms with van der Waals surface area (Å²) in [5, 5.41) is 3.63. The lowest BCUT2D eigenvalue weighted by Gasteiger charge is -2.35. The van der Waals surface area contributed by atoms with Gasteiger partial charge in [0.25, 0.3) is 0 Å². The average molecular weight is 210 g/mol. The molecule has 1 aliphatic heterocycles. The summed E-state index contributed by atoms with van der Waals surface area (Å²) in [6.07, 6.45) is 8.60. The molecule has 0 aromatic heterocycles. The summed E-state index contributed by atoms with van der Waals surface area (Å²) in [7, 11) is 0. The van der Waals surface area contributed by atoms with Crippen LogP contribution < -0.4 is 5.32 Å². The lowest BCUT2D eigenvalue weighted by atomic mass is 10.0. The van der Waals surface area contributed by atoms with E-state index in [1.807, 2.05) is 0 Å². The predicted molar refractivity (Wildman–Crippen MR) is 65.1 cm³/mol. The highest BCUT2D eigenvalue weighted by Gasteiger charge is 2.22. The summed E-state index contributed by atoms with van der Waals surface area (Å²) in [6.45, 7) is 7.44. The van der Waals surface area contributed by atoms with Crippen molar-refractivity contribution in [3.8, 4) is 0 Å². The molecule has 2 fully saturated rings. The van der Waals surface area contributed by atoms with E-state index in [4.69, 9.17) is 0 Å². The van der Waals surface area contributed by atoms with Gasteiger partial charge in [-0.15, -0.1) is 0 Å². The molecule has 0 aromatic carbocycles. The number of rotatable bonds is 4. The van der Waals surface area contributed by atoms with E-state index >= 15 is 0 Å². The second-order valence-corrected chi connectivity index (χ2v) is 5.35. The Morgan fingerprint density at radius 2 is 2.07 bits per heavy atom. The van der Waals surface area contributed by atoms with Gasteiger partial charge in [-0.25, -0.2) is 0 Å². The third-order valence-corrected chi connectivity index (χ3v) is 3.97. The van der Waals surface area contributed by atoms with Crippen LogP contribution in [0.5, 0.6) is 0 Å². The van der Waals surface area contributed by atoms with Crippen LogP contribution in [0.3, 0.4) is 0 Å². The minimum absolute atomic E-state index is 0.769. The molecule has 1 unspecified atom stereocenters. The molecule has 1 heterocycles. The maximum atomic E-state index is 3.63. The van der Waals surface area contributed by atoms with Gasteiger partial charge in [-0.1, -0.05) is 26.2 Å². The topological polar surface area (TPSA) is 15.3 Å². The molecule has 0 aromatic rings. The quantitative estimate of drug-likeness (QED) is 0.765. The largest absolute Gasteiger partial charge is 0.311 e. The fraction of sp³-hybridized carbons (Fsp3) is 1.00. The first-order valence-corrected chi connectivity index (χ1v) is 6.84. The van der Waals surface area contributed by atoms with Crippen molar-refractivity contribution in [2.45, 2.75) is 51.5 Å². The first-order valence-electron chi connectivity index (χ1n) is 6.84. The Morgan fingerprint density at radius 3 is 2.80 bits per heavy atom. The fourth-order valence-corrected chi connectivity index (χ4v) is 3.16. The van der Waals surface area contributed by atoms with E-state index < -0.39 is 0 Å². The smallest absolute Gasteiger partial charge is 0.0195 e. The van der Waals surface area contributed by atoms with Gasteiger partial charge in [-0.3, -0.25) is 0 Å². The zero-order chi connectivity index (χ0) is 10.5. The van der Waals surface area contributed by atoms with Crippen molar-refractivity contribution in [3.05, 3.63) is 0 Å². The number of nitrogens with one attached hydrogen (secondary N) is 1. The second-order valence-electron chi connectivity index (χ2n) is 5.35. The number of piperazine rings is 1. The Kier molecular flexibility index (Phi) is 4.45. The zero-order valence-corrected chi connectivity index (χ0v) is 10.2. The molecular formula is C13H26N2. The first-order chi connectivity index (χ1) is 7.38. The number of nitrogens with zero attached hydrogens (tertiary/aromatic N) is 1. The fourth-order valence-electron chi connectivity index (χ4n) is 3.16. The van der Waals surface area contributed by atoms with Crippen LogP contribution in [0.4, 0.5) is 0 Å². The molecule has 15 heavy (non-hydrogen) atoms. The summed E-state index contributed by atoms with van der Waals surface area (Å²) < 4.78 is 0. The standard InChI is InChI=1S/C13H26N2/c1-2-5-13-11-15(9-8-14-13)10-12-6-3-4-7-12/h12-14H,2-11H2,1H3. The highest BCUT2D eigenvalue weighted by Crippen LogP contribution is 2.25. The Bertz CT molecular complexity index is 173. The minimum Gasteiger partial charge on any atom is -0.311 e. The van der Waals surface area contributed by atoms with Crippen LogP contribution >= 0.6 is 0 Å². The van der Waals surface area contributed by atoms with E-state index in [9.17, 15) is 0 Å². The third kappa shape index (κ3) is 3.46. The zero-order valence-electron chi connectivity index (χ0n) is 10.2. The lowest BCUT2D eigenvalue weighted by Crippen LogP contribution is -2.51. The van der Waals surface area contributed by atoms with Crippen LogP contribution in [0.2, 0.25) is 0 Å². The predicted octanol–water partition coefficient (Wildman–Crippen LogP) is 2.25. The lowest BCUT2D eigenvalue weighted by molar-refractivity contribution is 0.169. The van der Waals surface area contributed by atoms with Crippen molar-refractivity contribution in [1.82, 2.24) is 10.2 Å². The van der Waals surface area contributed by atoms with Crippen LogP contribution in [0.25, 0.3) is 0 Å². The summed E-state index contributed by atoms with van der Waals surface area (Å²) >= 11 is 0. The van der Waals surface area contributed by atoms with E-state index in [0.717, 1.165) is 12.0 Å². The summed E-state index contributed by atoms with van der Waals surface area (Å²) in [5.74, 6) is 1.02. The Hall–Kier alpha value is -0.0800. The van der Waals surface area contributed by atoms with Gasteiger partial charge in [0.1, 0.15) is 0 Å². The average Bonchev–Trinajstić information content (AvgIpc) is 2.71. The normalized spacial score (nSPS) is 29.8. The van der Waals surface area contributed by atoms with Crippen molar-refractivity contribution >= 4 is 0 Å². The van der Waals surface area contributed by atoms with Gasteiger partial charge < -0.3 is 10.2 Å². The molecule has 0 amide bonds. The molecule has 1 saturated heterocycles. The Balaban J connectivity index is 1.71. The Morgan fingerprint density at radius 1 is 1.27 bits per heavy atom. The van der Waals surface area contributed by atoms with Gasteiger partial charge in [0.05, 0.1) is 0 Å². The van der Waals surface area contributed by atoms with Gasteiger partial charge in [0.15, 0.2) is 0 Å². The van der Waals surface area contributed by atoms with Crippen molar-refractivity contribution in [2.75, 3.05) is 26.2 Å². The van der Waals surface area contributed by atoms with E-state index in [-0.39, 0.29) is 0 Å². The molecule has 88 valence electrons.